The highest BCUT2D eigenvalue weighted by Crippen LogP contribution is 2.37. The lowest BCUT2D eigenvalue weighted by atomic mass is 10.1. The monoisotopic (exact) mass is 370 g/mol. The van der Waals surface area contributed by atoms with Crippen molar-refractivity contribution < 1.29 is 9.90 Å². The standard InChI is InChI=1S/C21H26N2O2S/c1-15-8-10-18(11-9-15)26-20-7-5-4-6-19(20)23-13-16(2)22(12-17(23)3)14-21(24)25/h4-11,16-17H,12-14H2,1-3H3,(H,24,25). The maximum Gasteiger partial charge on any atom is 0.317 e. The van der Waals surface area contributed by atoms with Gasteiger partial charge in [-0.2, -0.15) is 0 Å². The highest BCUT2D eigenvalue weighted by Gasteiger charge is 2.31. The zero-order chi connectivity index (χ0) is 18.7. The van der Waals surface area contributed by atoms with E-state index in [1.165, 1.54) is 21.0 Å². The highest BCUT2D eigenvalue weighted by molar-refractivity contribution is 7.99. The number of carboxylic acid groups (broad SMARTS) is 1. The summed E-state index contributed by atoms with van der Waals surface area (Å²) in [5.41, 5.74) is 2.49. The molecule has 3 rings (SSSR count). The third kappa shape index (κ3) is 4.40. The van der Waals surface area contributed by atoms with Crippen LogP contribution in [0.3, 0.4) is 0 Å². The fourth-order valence-electron chi connectivity index (χ4n) is 3.44. The van der Waals surface area contributed by atoms with Gasteiger partial charge >= 0.3 is 5.97 Å². The number of anilines is 1. The van der Waals surface area contributed by atoms with Gasteiger partial charge in [0.2, 0.25) is 0 Å². The fourth-order valence-corrected chi connectivity index (χ4v) is 4.40. The number of hydrogen-bond acceptors (Lipinski definition) is 4. The average molecular weight is 371 g/mol. The molecule has 2 atom stereocenters. The van der Waals surface area contributed by atoms with E-state index in [2.05, 4.69) is 79.1 Å². The molecule has 0 amide bonds. The molecule has 4 nitrogen and oxygen atoms in total. The van der Waals surface area contributed by atoms with E-state index in [4.69, 9.17) is 5.11 Å². The predicted molar refractivity (Wildman–Crippen MR) is 107 cm³/mol. The van der Waals surface area contributed by atoms with Crippen molar-refractivity contribution in [1.29, 1.82) is 0 Å². The van der Waals surface area contributed by atoms with Gasteiger partial charge < -0.3 is 10.0 Å². The Labute approximate surface area is 159 Å². The Bertz CT molecular complexity index is 763. The Hall–Kier alpha value is -1.98. The first-order valence-corrected chi connectivity index (χ1v) is 9.81. The van der Waals surface area contributed by atoms with Crippen LogP contribution in [-0.4, -0.2) is 47.7 Å². The minimum atomic E-state index is -0.757. The first-order chi connectivity index (χ1) is 12.4. The smallest absolute Gasteiger partial charge is 0.317 e. The van der Waals surface area contributed by atoms with E-state index in [1.54, 1.807) is 11.8 Å². The average Bonchev–Trinajstić information content (AvgIpc) is 2.60. The van der Waals surface area contributed by atoms with Crippen LogP contribution in [0.2, 0.25) is 0 Å². The van der Waals surface area contributed by atoms with Crippen molar-refractivity contribution in [3.8, 4) is 0 Å². The number of aryl methyl sites for hydroxylation is 1. The van der Waals surface area contributed by atoms with E-state index in [0.717, 1.165) is 13.1 Å². The molecule has 1 aliphatic heterocycles. The lowest BCUT2D eigenvalue weighted by molar-refractivity contribution is -0.139. The van der Waals surface area contributed by atoms with E-state index in [0.29, 0.717) is 0 Å². The summed E-state index contributed by atoms with van der Waals surface area (Å²) in [6.45, 7) is 8.09. The Morgan fingerprint density at radius 1 is 1.08 bits per heavy atom. The van der Waals surface area contributed by atoms with Crippen molar-refractivity contribution >= 4 is 23.4 Å². The van der Waals surface area contributed by atoms with Crippen molar-refractivity contribution in [2.45, 2.75) is 42.6 Å². The molecule has 2 unspecified atom stereocenters. The van der Waals surface area contributed by atoms with Gasteiger partial charge in [-0.25, -0.2) is 0 Å². The van der Waals surface area contributed by atoms with Gasteiger partial charge in [0.25, 0.3) is 0 Å². The predicted octanol–water partition coefficient (Wildman–Crippen LogP) is 4.13. The van der Waals surface area contributed by atoms with Crippen LogP contribution in [0.4, 0.5) is 5.69 Å². The van der Waals surface area contributed by atoms with Crippen LogP contribution in [-0.2, 0) is 4.79 Å². The van der Waals surface area contributed by atoms with Gasteiger partial charge in [0.15, 0.2) is 0 Å². The van der Waals surface area contributed by atoms with E-state index in [9.17, 15) is 4.79 Å². The molecular formula is C21H26N2O2S. The zero-order valence-electron chi connectivity index (χ0n) is 15.6. The summed E-state index contributed by atoms with van der Waals surface area (Å²) in [6.07, 6.45) is 0. The maximum atomic E-state index is 11.1. The van der Waals surface area contributed by atoms with Gasteiger partial charge in [0.1, 0.15) is 0 Å². The van der Waals surface area contributed by atoms with Crippen molar-refractivity contribution in [3.05, 3.63) is 54.1 Å². The molecule has 1 fully saturated rings. The maximum absolute atomic E-state index is 11.1. The molecular weight excluding hydrogens is 344 g/mol. The van der Waals surface area contributed by atoms with Gasteiger partial charge in [-0.15, -0.1) is 0 Å². The number of carboxylic acids is 1. The van der Waals surface area contributed by atoms with Crippen LogP contribution < -0.4 is 4.90 Å². The number of benzene rings is 2. The van der Waals surface area contributed by atoms with Gasteiger partial charge in [-0.3, -0.25) is 9.69 Å². The minimum absolute atomic E-state index is 0.110. The third-order valence-electron chi connectivity index (χ3n) is 4.88. The van der Waals surface area contributed by atoms with Gasteiger partial charge in [-0.05, 0) is 45.0 Å². The molecule has 0 aromatic heterocycles. The Balaban J connectivity index is 1.81. The minimum Gasteiger partial charge on any atom is -0.480 e. The lowest BCUT2D eigenvalue weighted by Crippen LogP contribution is -2.57. The molecule has 0 saturated carbocycles. The molecule has 2 aromatic rings. The molecule has 1 saturated heterocycles. The number of nitrogens with zero attached hydrogens (tertiary/aromatic N) is 2. The lowest BCUT2D eigenvalue weighted by Gasteiger charge is -2.45. The van der Waals surface area contributed by atoms with Gasteiger partial charge in [0.05, 0.1) is 12.2 Å². The SMILES string of the molecule is Cc1ccc(Sc2ccccc2N2CC(C)N(CC(=O)O)CC2C)cc1. The number of carbonyl (C=O) groups is 1. The molecule has 1 aliphatic rings. The van der Waals surface area contributed by atoms with Crippen LogP contribution in [0.5, 0.6) is 0 Å². The zero-order valence-corrected chi connectivity index (χ0v) is 16.4. The van der Waals surface area contributed by atoms with E-state index in [-0.39, 0.29) is 18.6 Å². The highest BCUT2D eigenvalue weighted by atomic mass is 32.2. The van der Waals surface area contributed by atoms with Crippen LogP contribution in [0.1, 0.15) is 19.4 Å². The second kappa shape index (κ2) is 8.14. The van der Waals surface area contributed by atoms with Crippen molar-refractivity contribution in [3.63, 3.8) is 0 Å². The van der Waals surface area contributed by atoms with Crippen LogP contribution in [0, 0.1) is 6.92 Å². The van der Waals surface area contributed by atoms with Crippen LogP contribution in [0.15, 0.2) is 58.3 Å². The second-order valence-electron chi connectivity index (χ2n) is 7.06. The fraction of sp³-hybridized carbons (Fsp3) is 0.381. The molecule has 1 heterocycles. The van der Waals surface area contributed by atoms with E-state index in [1.807, 2.05) is 0 Å². The third-order valence-corrected chi connectivity index (χ3v) is 5.95. The van der Waals surface area contributed by atoms with Crippen LogP contribution in [0.25, 0.3) is 0 Å². The Morgan fingerprint density at radius 2 is 1.77 bits per heavy atom. The summed E-state index contributed by atoms with van der Waals surface area (Å²) in [7, 11) is 0. The molecule has 138 valence electrons. The van der Waals surface area contributed by atoms with E-state index < -0.39 is 5.97 Å². The summed E-state index contributed by atoms with van der Waals surface area (Å²) in [4.78, 5) is 18.0. The van der Waals surface area contributed by atoms with Crippen LogP contribution >= 0.6 is 11.8 Å². The Morgan fingerprint density at radius 3 is 2.46 bits per heavy atom. The number of hydrogen-bond donors (Lipinski definition) is 1. The summed E-state index contributed by atoms with van der Waals surface area (Å²) in [6, 6.07) is 17.6. The van der Waals surface area contributed by atoms with Crippen molar-refractivity contribution in [1.82, 2.24) is 4.90 Å². The van der Waals surface area contributed by atoms with Gasteiger partial charge in [0, 0.05) is 35.0 Å². The Kier molecular flexibility index (Phi) is 5.89. The second-order valence-corrected chi connectivity index (χ2v) is 8.17. The largest absolute Gasteiger partial charge is 0.480 e. The van der Waals surface area contributed by atoms with Gasteiger partial charge in [-0.1, -0.05) is 41.6 Å². The molecule has 0 aliphatic carbocycles. The molecule has 0 bridgehead atoms. The molecule has 26 heavy (non-hydrogen) atoms. The molecule has 2 aromatic carbocycles. The molecule has 1 N–H and O–H groups in total. The number of para-hydroxylation sites is 1. The first-order valence-electron chi connectivity index (χ1n) is 9.00. The number of aliphatic carboxylic acids is 1. The topological polar surface area (TPSA) is 43.8 Å². The summed E-state index contributed by atoms with van der Waals surface area (Å²) in [5.74, 6) is -0.757. The summed E-state index contributed by atoms with van der Waals surface area (Å²) < 4.78 is 0. The molecule has 5 heteroatoms. The normalized spacial score (nSPS) is 21.0. The van der Waals surface area contributed by atoms with E-state index >= 15 is 0 Å². The first kappa shape index (κ1) is 18.8. The quantitative estimate of drug-likeness (QED) is 0.857. The van der Waals surface area contributed by atoms with Crippen molar-refractivity contribution in [2.24, 2.45) is 0 Å². The molecule has 0 spiro atoms. The molecule has 0 radical (unpaired) electrons. The van der Waals surface area contributed by atoms with Crippen molar-refractivity contribution in [2.75, 3.05) is 24.5 Å². The summed E-state index contributed by atoms with van der Waals surface area (Å²) >= 11 is 1.78. The number of rotatable bonds is 5. The number of piperazine rings is 1. The summed E-state index contributed by atoms with van der Waals surface area (Å²) in [5, 5.41) is 9.12.